The van der Waals surface area contributed by atoms with Crippen molar-refractivity contribution in [2.24, 2.45) is 27.2 Å². The molecule has 0 aromatic rings. The van der Waals surface area contributed by atoms with Crippen molar-refractivity contribution in [1.82, 2.24) is 10.6 Å². The van der Waals surface area contributed by atoms with Gasteiger partial charge in [0.1, 0.15) is 18.1 Å². The van der Waals surface area contributed by atoms with Gasteiger partial charge in [0.25, 0.3) is 0 Å². The fourth-order valence-corrected chi connectivity index (χ4v) is 1.29. The number of carbonyl (C=O) groups is 4. The number of rotatable bonds is 12. The van der Waals surface area contributed by atoms with Crippen LogP contribution in [0.25, 0.3) is 0 Å². The lowest BCUT2D eigenvalue weighted by molar-refractivity contribution is -0.117. The van der Waals surface area contributed by atoms with Crippen LogP contribution in [0.5, 0.6) is 0 Å². The van der Waals surface area contributed by atoms with Gasteiger partial charge < -0.3 is 38.7 Å². The van der Waals surface area contributed by atoms with Crippen molar-refractivity contribution in [3.05, 3.63) is 0 Å². The van der Waals surface area contributed by atoms with E-state index in [4.69, 9.17) is 28.0 Å². The van der Waals surface area contributed by atoms with Gasteiger partial charge in [0, 0.05) is 24.5 Å². The highest BCUT2D eigenvalue weighted by Crippen LogP contribution is 1.72. The van der Waals surface area contributed by atoms with Crippen molar-refractivity contribution in [3.8, 4) is 0 Å². The molecule has 0 unspecified atom stereocenters. The van der Waals surface area contributed by atoms with E-state index in [2.05, 4.69) is 20.6 Å². The van der Waals surface area contributed by atoms with Crippen molar-refractivity contribution in [3.63, 3.8) is 0 Å². The quantitative estimate of drug-likeness (QED) is 0.135. The Hall–Kier alpha value is -3.32. The number of guanidine groups is 1. The molecule has 10 N–H and O–H groups in total. The number of nitrogens with one attached hydrogen (secondary N) is 4. The first-order valence-corrected chi connectivity index (χ1v) is 10.3. The molecule has 0 aliphatic heterocycles. The number of Topliss-reactive ketones (excluding diaryl/α,β-unsaturated/α-hetero) is 4. The van der Waals surface area contributed by atoms with E-state index in [1.807, 2.05) is 0 Å². The summed E-state index contributed by atoms with van der Waals surface area (Å²) in [5.74, 6) is 0.626. The summed E-state index contributed by atoms with van der Waals surface area (Å²) in [5.41, 5.74) is 16.1. The normalized spacial score (nSPS) is 9.44. The highest BCUT2D eigenvalue weighted by Gasteiger charge is 1.91. The Bertz CT molecular complexity index is 621. The van der Waals surface area contributed by atoms with E-state index in [0.29, 0.717) is 43.4 Å². The molecule has 0 aliphatic carbocycles. The van der Waals surface area contributed by atoms with Crippen LogP contribution in [0.3, 0.4) is 0 Å². The van der Waals surface area contributed by atoms with Gasteiger partial charge in [0.2, 0.25) is 0 Å². The maximum absolute atomic E-state index is 10.3. The smallest absolute Gasteiger partial charge is 0.186 e. The van der Waals surface area contributed by atoms with E-state index in [1.54, 1.807) is 20.8 Å². The Labute approximate surface area is 202 Å². The van der Waals surface area contributed by atoms with E-state index < -0.39 is 0 Å². The Morgan fingerprint density at radius 3 is 1.06 bits per heavy atom. The number of aliphatic imine (C=N–C) groups is 2. The molecular formula is C21H43N9O4. The third-order valence-corrected chi connectivity index (χ3v) is 2.56. The van der Waals surface area contributed by atoms with Gasteiger partial charge in [-0.2, -0.15) is 0 Å². The van der Waals surface area contributed by atoms with Gasteiger partial charge in [-0.25, -0.2) is 4.99 Å². The second kappa shape index (κ2) is 25.9. The molecule has 13 nitrogen and oxygen atoms in total. The summed E-state index contributed by atoms with van der Waals surface area (Å²) in [4.78, 5) is 48.0. The van der Waals surface area contributed by atoms with Crippen LogP contribution in [-0.2, 0) is 19.2 Å². The van der Waals surface area contributed by atoms with Crippen LogP contribution in [0.15, 0.2) is 9.98 Å². The predicted octanol–water partition coefficient (Wildman–Crippen LogP) is -0.789. The highest BCUT2D eigenvalue weighted by atomic mass is 16.1. The summed E-state index contributed by atoms with van der Waals surface area (Å²) < 4.78 is 0. The monoisotopic (exact) mass is 485 g/mol. The van der Waals surface area contributed by atoms with Crippen molar-refractivity contribution < 1.29 is 19.2 Å². The molecule has 196 valence electrons. The summed E-state index contributed by atoms with van der Waals surface area (Å²) in [6.45, 7) is 13.1. The number of hydrogen-bond acceptors (Lipinski definition) is 10. The lowest BCUT2D eigenvalue weighted by Crippen LogP contribution is -2.25. The van der Waals surface area contributed by atoms with Crippen LogP contribution in [0.2, 0.25) is 0 Å². The van der Waals surface area contributed by atoms with Crippen LogP contribution in [0.1, 0.15) is 48.5 Å². The van der Waals surface area contributed by atoms with E-state index >= 15 is 0 Å². The molecule has 0 radical (unpaired) electrons. The molecule has 0 aliphatic rings. The molecule has 0 aromatic carbocycles. The summed E-state index contributed by atoms with van der Waals surface area (Å²) in [6.07, 6.45) is 0. The zero-order chi connectivity index (χ0) is 27.7. The van der Waals surface area contributed by atoms with E-state index in [-0.39, 0.29) is 42.2 Å². The second-order valence-corrected chi connectivity index (χ2v) is 7.27. The molecular weight excluding hydrogens is 442 g/mol. The zero-order valence-corrected chi connectivity index (χ0v) is 21.5. The predicted molar refractivity (Wildman–Crippen MR) is 138 cm³/mol. The van der Waals surface area contributed by atoms with Gasteiger partial charge in [-0.3, -0.25) is 24.2 Å². The number of amidine groups is 1. The highest BCUT2D eigenvalue weighted by molar-refractivity contribution is 5.84. The lowest BCUT2D eigenvalue weighted by atomic mass is 10.4. The Morgan fingerprint density at radius 2 is 0.912 bits per heavy atom. The van der Waals surface area contributed by atoms with E-state index in [1.165, 1.54) is 27.7 Å². The Kier molecular flexibility index (Phi) is 29.0. The summed E-state index contributed by atoms with van der Waals surface area (Å²) in [6, 6.07) is 0. The second-order valence-electron chi connectivity index (χ2n) is 7.27. The van der Waals surface area contributed by atoms with Crippen molar-refractivity contribution in [1.29, 1.82) is 10.8 Å². The zero-order valence-electron chi connectivity index (χ0n) is 21.5. The Morgan fingerprint density at radius 1 is 0.588 bits per heavy atom. The molecule has 0 amide bonds. The molecule has 0 saturated carbocycles. The van der Waals surface area contributed by atoms with Gasteiger partial charge in [0.05, 0.1) is 25.5 Å². The number of nitrogens with two attached hydrogens (primary N) is 3. The standard InChI is InChI=1S/2C6H12N2O.C5H10N2O.C4H9N3O/c2*1-5(7)3-8-4-6(2)9;1-4(8)3-7-5(2)6;1-3(8)2-7-4(5)6/h2*7-8H,3-4H2,1-2H3;3H2,1-2H3,(H2,6,7);2H2,1H3,(H4,5,6,7). The number of nitrogens with zero attached hydrogens (tertiary/aromatic N) is 2. The van der Waals surface area contributed by atoms with Gasteiger partial charge in [0.15, 0.2) is 17.5 Å². The van der Waals surface area contributed by atoms with Crippen LogP contribution in [0, 0.1) is 10.8 Å². The Balaban J connectivity index is -0.000000177. The minimum atomic E-state index is -0.0431. The number of ketones is 4. The maximum Gasteiger partial charge on any atom is 0.186 e. The third kappa shape index (κ3) is 63.0. The number of hydrogen-bond donors (Lipinski definition) is 7. The third-order valence-electron chi connectivity index (χ3n) is 2.56. The molecule has 0 bridgehead atoms. The first kappa shape index (κ1) is 38.0. The van der Waals surface area contributed by atoms with Crippen molar-refractivity contribution in [2.45, 2.75) is 48.5 Å². The van der Waals surface area contributed by atoms with Gasteiger partial charge >= 0.3 is 0 Å². The van der Waals surface area contributed by atoms with Crippen molar-refractivity contribution >= 4 is 46.4 Å². The maximum atomic E-state index is 10.3. The average Bonchev–Trinajstić information content (AvgIpc) is 2.65. The fourth-order valence-electron chi connectivity index (χ4n) is 1.29. The van der Waals surface area contributed by atoms with E-state index in [9.17, 15) is 19.2 Å². The first-order valence-electron chi connectivity index (χ1n) is 10.3. The minimum Gasteiger partial charge on any atom is -0.388 e. The van der Waals surface area contributed by atoms with Crippen LogP contribution >= 0.6 is 0 Å². The molecule has 0 aromatic heterocycles. The summed E-state index contributed by atoms with van der Waals surface area (Å²) in [5, 5.41) is 19.5. The average molecular weight is 486 g/mol. The molecule has 0 heterocycles. The summed E-state index contributed by atoms with van der Waals surface area (Å²) in [7, 11) is 0. The topological polar surface area (TPSA) is 243 Å². The van der Waals surface area contributed by atoms with Gasteiger partial charge in [-0.05, 0) is 48.5 Å². The molecule has 0 saturated heterocycles. The summed E-state index contributed by atoms with van der Waals surface area (Å²) >= 11 is 0. The SMILES string of the molecule is CC(=N)CNCC(C)=O.CC(=N)CNCC(C)=O.CC(=O)CN=C(C)N.CC(=O)CN=C(N)N. The van der Waals surface area contributed by atoms with Gasteiger partial charge in [-0.15, -0.1) is 0 Å². The minimum absolute atomic E-state index is 0.0369. The molecule has 13 heteroatoms. The molecule has 0 fully saturated rings. The largest absolute Gasteiger partial charge is 0.388 e. The fraction of sp³-hybridized carbons (Fsp3) is 0.619. The van der Waals surface area contributed by atoms with E-state index in [0.717, 1.165) is 0 Å². The lowest BCUT2D eigenvalue weighted by Gasteiger charge is -1.97. The molecule has 0 spiro atoms. The van der Waals surface area contributed by atoms with Crippen LogP contribution < -0.4 is 27.8 Å². The number of carbonyl (C=O) groups excluding carboxylic acids is 4. The molecule has 0 rings (SSSR count). The molecule has 34 heavy (non-hydrogen) atoms. The van der Waals surface area contributed by atoms with Crippen molar-refractivity contribution in [2.75, 3.05) is 39.3 Å². The molecule has 0 atom stereocenters. The van der Waals surface area contributed by atoms with Crippen LogP contribution in [0.4, 0.5) is 0 Å². The van der Waals surface area contributed by atoms with Crippen LogP contribution in [-0.4, -0.2) is 85.6 Å². The first-order chi connectivity index (χ1) is 15.5. The van der Waals surface area contributed by atoms with Gasteiger partial charge in [-0.1, -0.05) is 0 Å².